The van der Waals surface area contributed by atoms with Crippen molar-refractivity contribution in [3.63, 3.8) is 0 Å². The standard InChI is InChI=1S/C16H32N2/c1-4-10-18-11-6-9-16(12-18)14(3)17-13(2)15-7-5-8-15/h13-17H,4-12H2,1-3H3. The zero-order valence-electron chi connectivity index (χ0n) is 12.6. The van der Waals surface area contributed by atoms with Gasteiger partial charge in [-0.2, -0.15) is 0 Å². The molecule has 18 heavy (non-hydrogen) atoms. The number of hydrogen-bond acceptors (Lipinski definition) is 2. The van der Waals surface area contributed by atoms with Crippen molar-refractivity contribution in [2.45, 2.75) is 71.4 Å². The highest BCUT2D eigenvalue weighted by Gasteiger charge is 2.28. The third-order valence-corrected chi connectivity index (χ3v) is 5.17. The molecular formula is C16H32N2. The van der Waals surface area contributed by atoms with Crippen molar-refractivity contribution in [2.24, 2.45) is 11.8 Å². The Labute approximate surface area is 114 Å². The molecule has 3 atom stereocenters. The van der Waals surface area contributed by atoms with Crippen molar-refractivity contribution in [3.05, 3.63) is 0 Å². The van der Waals surface area contributed by atoms with Gasteiger partial charge in [-0.15, -0.1) is 0 Å². The molecule has 106 valence electrons. The first kappa shape index (κ1) is 14.3. The third-order valence-electron chi connectivity index (χ3n) is 5.17. The normalized spacial score (nSPS) is 29.8. The zero-order chi connectivity index (χ0) is 13.0. The second-order valence-corrected chi connectivity index (χ2v) is 6.64. The van der Waals surface area contributed by atoms with Crippen LogP contribution in [0.25, 0.3) is 0 Å². The van der Waals surface area contributed by atoms with Gasteiger partial charge < -0.3 is 10.2 Å². The number of hydrogen-bond donors (Lipinski definition) is 1. The molecule has 3 unspecified atom stereocenters. The molecule has 2 aliphatic rings. The van der Waals surface area contributed by atoms with Gasteiger partial charge in [-0.05, 0) is 70.9 Å². The Morgan fingerprint density at radius 2 is 1.72 bits per heavy atom. The molecule has 1 saturated carbocycles. The lowest BCUT2D eigenvalue weighted by Crippen LogP contribution is -2.49. The van der Waals surface area contributed by atoms with Gasteiger partial charge in [-0.1, -0.05) is 13.3 Å². The van der Waals surface area contributed by atoms with Gasteiger partial charge in [0.25, 0.3) is 0 Å². The Morgan fingerprint density at radius 1 is 1.06 bits per heavy atom. The first-order valence-corrected chi connectivity index (χ1v) is 8.19. The van der Waals surface area contributed by atoms with Crippen LogP contribution in [-0.4, -0.2) is 36.6 Å². The lowest BCUT2D eigenvalue weighted by Gasteiger charge is -2.39. The molecule has 2 fully saturated rings. The molecule has 0 radical (unpaired) electrons. The van der Waals surface area contributed by atoms with E-state index in [0.29, 0.717) is 6.04 Å². The van der Waals surface area contributed by atoms with Gasteiger partial charge in [-0.25, -0.2) is 0 Å². The van der Waals surface area contributed by atoms with Crippen molar-refractivity contribution in [3.8, 4) is 0 Å². The first-order valence-electron chi connectivity index (χ1n) is 8.19. The van der Waals surface area contributed by atoms with Crippen LogP contribution in [0.2, 0.25) is 0 Å². The van der Waals surface area contributed by atoms with E-state index < -0.39 is 0 Å². The predicted molar refractivity (Wildman–Crippen MR) is 78.9 cm³/mol. The van der Waals surface area contributed by atoms with Gasteiger partial charge in [0.05, 0.1) is 0 Å². The van der Waals surface area contributed by atoms with Crippen molar-refractivity contribution in [1.29, 1.82) is 0 Å². The summed E-state index contributed by atoms with van der Waals surface area (Å²) >= 11 is 0. The highest BCUT2D eigenvalue weighted by Crippen LogP contribution is 2.30. The molecule has 0 aromatic carbocycles. The SMILES string of the molecule is CCCN1CCCC(C(C)NC(C)C2CCC2)C1. The van der Waals surface area contributed by atoms with E-state index in [1.807, 2.05) is 0 Å². The number of nitrogens with one attached hydrogen (secondary N) is 1. The van der Waals surface area contributed by atoms with Gasteiger partial charge >= 0.3 is 0 Å². The average Bonchev–Trinajstić information content (AvgIpc) is 2.27. The fraction of sp³-hybridized carbons (Fsp3) is 1.00. The van der Waals surface area contributed by atoms with Gasteiger partial charge in [0, 0.05) is 18.6 Å². The summed E-state index contributed by atoms with van der Waals surface area (Å²) in [5, 5.41) is 3.89. The molecular weight excluding hydrogens is 220 g/mol. The fourth-order valence-electron chi connectivity index (χ4n) is 3.65. The number of rotatable bonds is 6. The maximum Gasteiger partial charge on any atom is 0.00818 e. The smallest absolute Gasteiger partial charge is 0.00818 e. The maximum absolute atomic E-state index is 3.89. The summed E-state index contributed by atoms with van der Waals surface area (Å²) in [4.78, 5) is 2.67. The highest BCUT2D eigenvalue weighted by molar-refractivity contribution is 4.86. The van der Waals surface area contributed by atoms with E-state index in [4.69, 9.17) is 0 Å². The summed E-state index contributed by atoms with van der Waals surface area (Å²) < 4.78 is 0. The second kappa shape index (κ2) is 6.91. The molecule has 0 aromatic heterocycles. The maximum atomic E-state index is 3.89. The Balaban J connectivity index is 1.74. The summed E-state index contributed by atoms with van der Waals surface area (Å²) in [6, 6.07) is 1.43. The minimum atomic E-state index is 0.695. The predicted octanol–water partition coefficient (Wildman–Crippen LogP) is 3.28. The number of nitrogens with zero attached hydrogens (tertiary/aromatic N) is 1. The van der Waals surface area contributed by atoms with Crippen LogP contribution in [0.15, 0.2) is 0 Å². The van der Waals surface area contributed by atoms with E-state index >= 15 is 0 Å². The van der Waals surface area contributed by atoms with Crippen LogP contribution in [0, 0.1) is 11.8 Å². The lowest BCUT2D eigenvalue weighted by molar-refractivity contribution is 0.135. The molecule has 1 N–H and O–H groups in total. The minimum absolute atomic E-state index is 0.695. The Morgan fingerprint density at radius 3 is 2.33 bits per heavy atom. The molecule has 2 heteroatoms. The van der Waals surface area contributed by atoms with E-state index in [0.717, 1.165) is 17.9 Å². The van der Waals surface area contributed by atoms with Crippen molar-refractivity contribution in [2.75, 3.05) is 19.6 Å². The highest BCUT2D eigenvalue weighted by atomic mass is 15.1. The summed E-state index contributed by atoms with van der Waals surface area (Å²) in [6.07, 6.45) is 8.48. The van der Waals surface area contributed by atoms with Gasteiger partial charge in [-0.3, -0.25) is 0 Å². The summed E-state index contributed by atoms with van der Waals surface area (Å²) in [5.41, 5.74) is 0. The molecule has 0 aromatic rings. The van der Waals surface area contributed by atoms with Crippen LogP contribution < -0.4 is 5.32 Å². The first-order chi connectivity index (χ1) is 8.70. The summed E-state index contributed by atoms with van der Waals surface area (Å²) in [7, 11) is 0. The molecule has 1 saturated heterocycles. The molecule has 1 aliphatic heterocycles. The number of piperidine rings is 1. The topological polar surface area (TPSA) is 15.3 Å². The fourth-order valence-corrected chi connectivity index (χ4v) is 3.65. The molecule has 1 aliphatic carbocycles. The molecule has 1 heterocycles. The molecule has 0 amide bonds. The quantitative estimate of drug-likeness (QED) is 0.780. The summed E-state index contributed by atoms with van der Waals surface area (Å²) in [5.74, 6) is 1.83. The Kier molecular flexibility index (Phi) is 5.50. The van der Waals surface area contributed by atoms with E-state index in [1.165, 1.54) is 58.2 Å². The molecule has 2 nitrogen and oxygen atoms in total. The van der Waals surface area contributed by atoms with Crippen LogP contribution >= 0.6 is 0 Å². The Bertz CT molecular complexity index is 235. The molecule has 2 rings (SSSR count). The zero-order valence-corrected chi connectivity index (χ0v) is 12.6. The minimum Gasteiger partial charge on any atom is -0.311 e. The van der Waals surface area contributed by atoms with Crippen LogP contribution in [-0.2, 0) is 0 Å². The van der Waals surface area contributed by atoms with Crippen LogP contribution in [0.1, 0.15) is 59.3 Å². The second-order valence-electron chi connectivity index (χ2n) is 6.64. The van der Waals surface area contributed by atoms with E-state index in [-0.39, 0.29) is 0 Å². The van der Waals surface area contributed by atoms with Gasteiger partial charge in [0.1, 0.15) is 0 Å². The van der Waals surface area contributed by atoms with Crippen molar-refractivity contribution in [1.82, 2.24) is 10.2 Å². The third kappa shape index (κ3) is 3.71. The molecule has 0 spiro atoms. The van der Waals surface area contributed by atoms with E-state index in [1.54, 1.807) is 0 Å². The van der Waals surface area contributed by atoms with Crippen LogP contribution in [0.5, 0.6) is 0 Å². The van der Waals surface area contributed by atoms with E-state index in [2.05, 4.69) is 31.0 Å². The van der Waals surface area contributed by atoms with Crippen LogP contribution in [0.3, 0.4) is 0 Å². The summed E-state index contributed by atoms with van der Waals surface area (Å²) in [6.45, 7) is 11.0. The lowest BCUT2D eigenvalue weighted by atomic mass is 9.79. The largest absolute Gasteiger partial charge is 0.311 e. The monoisotopic (exact) mass is 252 g/mol. The molecule has 0 bridgehead atoms. The van der Waals surface area contributed by atoms with Crippen molar-refractivity contribution >= 4 is 0 Å². The Hall–Kier alpha value is -0.0800. The van der Waals surface area contributed by atoms with E-state index in [9.17, 15) is 0 Å². The van der Waals surface area contributed by atoms with Gasteiger partial charge in [0.2, 0.25) is 0 Å². The van der Waals surface area contributed by atoms with Gasteiger partial charge in [0.15, 0.2) is 0 Å². The number of likely N-dealkylation sites (tertiary alicyclic amines) is 1. The van der Waals surface area contributed by atoms with Crippen molar-refractivity contribution < 1.29 is 0 Å². The average molecular weight is 252 g/mol. The van der Waals surface area contributed by atoms with Crippen LogP contribution in [0.4, 0.5) is 0 Å².